The number of nitrogens with one attached hydrogen (secondary N) is 1. The van der Waals surface area contributed by atoms with Crippen LogP contribution in [0.1, 0.15) is 11.9 Å². The molecule has 0 aliphatic carbocycles. The molecule has 3 N–H and O–H groups in total. The second-order valence-corrected chi connectivity index (χ2v) is 4.87. The predicted octanol–water partition coefficient (Wildman–Crippen LogP) is -0.986. The second-order valence-electron chi connectivity index (χ2n) is 3.80. The van der Waals surface area contributed by atoms with Crippen molar-refractivity contribution in [1.82, 2.24) is 20.0 Å². The molecule has 18 heavy (non-hydrogen) atoms. The summed E-state index contributed by atoms with van der Waals surface area (Å²) in [6, 6.07) is 0. The average molecular weight is 270 g/mol. The van der Waals surface area contributed by atoms with Crippen LogP contribution in [0, 0.1) is 0 Å². The van der Waals surface area contributed by atoms with Crippen molar-refractivity contribution < 1.29 is 9.59 Å². The van der Waals surface area contributed by atoms with Crippen molar-refractivity contribution in [3.8, 4) is 0 Å². The summed E-state index contributed by atoms with van der Waals surface area (Å²) >= 11 is 1.26. The maximum atomic E-state index is 11.8. The Hall–Kier alpha value is -1.74. The lowest BCUT2D eigenvalue weighted by molar-refractivity contribution is -0.150. The fourth-order valence-electron chi connectivity index (χ4n) is 1.67. The molecular weight excluding hydrogens is 256 g/mol. The summed E-state index contributed by atoms with van der Waals surface area (Å²) in [7, 11) is 0. The fourth-order valence-corrected chi connectivity index (χ4v) is 2.34. The van der Waals surface area contributed by atoms with Crippen LogP contribution in [0.3, 0.4) is 0 Å². The molecule has 0 unspecified atom stereocenters. The number of aromatic nitrogens is 2. The Bertz CT molecular complexity index is 462. The van der Waals surface area contributed by atoms with Gasteiger partial charge in [-0.15, -0.1) is 10.2 Å². The lowest BCUT2D eigenvalue weighted by atomic mass is 10.3. The highest BCUT2D eigenvalue weighted by Crippen LogP contribution is 2.17. The smallest absolute Gasteiger partial charge is 0.243 e. The summed E-state index contributed by atoms with van der Waals surface area (Å²) in [4.78, 5) is 26.6. The molecule has 2 heterocycles. The van der Waals surface area contributed by atoms with Crippen LogP contribution < -0.4 is 11.3 Å². The minimum absolute atomic E-state index is 0.0428. The van der Waals surface area contributed by atoms with Crippen molar-refractivity contribution in [2.45, 2.75) is 13.5 Å². The van der Waals surface area contributed by atoms with Gasteiger partial charge in [0.05, 0.1) is 13.1 Å². The number of rotatable bonds is 4. The average Bonchev–Trinajstić information content (AvgIpc) is 2.81. The van der Waals surface area contributed by atoms with Gasteiger partial charge in [0.25, 0.3) is 0 Å². The van der Waals surface area contributed by atoms with Gasteiger partial charge in [-0.25, -0.2) is 5.84 Å². The van der Waals surface area contributed by atoms with Gasteiger partial charge in [0.1, 0.15) is 11.6 Å². The van der Waals surface area contributed by atoms with Gasteiger partial charge in [-0.1, -0.05) is 11.3 Å². The van der Waals surface area contributed by atoms with Gasteiger partial charge in [0.2, 0.25) is 16.9 Å². The molecule has 2 amide bonds. The summed E-state index contributed by atoms with van der Waals surface area (Å²) < 4.78 is 0. The van der Waals surface area contributed by atoms with E-state index in [-0.39, 0.29) is 24.9 Å². The number of nitrogens with two attached hydrogens (primary N) is 1. The SMILES string of the molecule is CCN1CC(=O)N(Cc2nnc(NN)s2)CC1=O. The minimum atomic E-state index is -0.0751. The van der Waals surface area contributed by atoms with E-state index in [2.05, 4.69) is 15.6 Å². The first-order valence-electron chi connectivity index (χ1n) is 5.48. The van der Waals surface area contributed by atoms with E-state index in [1.165, 1.54) is 21.1 Å². The van der Waals surface area contributed by atoms with Crippen LogP contribution in [0.5, 0.6) is 0 Å². The van der Waals surface area contributed by atoms with Gasteiger partial charge in [-0.2, -0.15) is 0 Å². The molecule has 0 radical (unpaired) electrons. The third-order valence-electron chi connectivity index (χ3n) is 2.66. The number of hydrazine groups is 1. The lowest BCUT2D eigenvalue weighted by Gasteiger charge is -2.32. The third kappa shape index (κ3) is 2.57. The van der Waals surface area contributed by atoms with Gasteiger partial charge in [-0.3, -0.25) is 15.0 Å². The largest absolute Gasteiger partial charge is 0.332 e. The molecule has 0 aromatic carbocycles. The monoisotopic (exact) mass is 270 g/mol. The molecule has 0 atom stereocenters. The first kappa shape index (κ1) is 12.7. The third-order valence-corrected chi connectivity index (χ3v) is 3.50. The van der Waals surface area contributed by atoms with Crippen LogP contribution >= 0.6 is 11.3 Å². The Morgan fingerprint density at radius 3 is 2.56 bits per heavy atom. The predicted molar refractivity (Wildman–Crippen MR) is 65.4 cm³/mol. The van der Waals surface area contributed by atoms with Crippen molar-refractivity contribution in [2.75, 3.05) is 25.1 Å². The molecule has 8 nitrogen and oxygen atoms in total. The number of likely N-dealkylation sites (N-methyl/N-ethyl adjacent to an activating group) is 1. The Balaban J connectivity index is 2.01. The van der Waals surface area contributed by atoms with Crippen LogP contribution in [0.4, 0.5) is 5.13 Å². The van der Waals surface area contributed by atoms with E-state index in [0.29, 0.717) is 23.2 Å². The fraction of sp³-hybridized carbons (Fsp3) is 0.556. The maximum absolute atomic E-state index is 11.8. The summed E-state index contributed by atoms with van der Waals surface area (Å²) in [6.07, 6.45) is 0. The van der Waals surface area contributed by atoms with Gasteiger partial charge >= 0.3 is 0 Å². The number of hydrogen-bond acceptors (Lipinski definition) is 7. The molecule has 1 saturated heterocycles. The molecular formula is C9H14N6O2S. The van der Waals surface area contributed by atoms with Crippen LogP contribution in [0.25, 0.3) is 0 Å². The van der Waals surface area contributed by atoms with Gasteiger partial charge in [0.15, 0.2) is 0 Å². The van der Waals surface area contributed by atoms with E-state index in [0.717, 1.165) is 0 Å². The van der Waals surface area contributed by atoms with E-state index < -0.39 is 0 Å². The van der Waals surface area contributed by atoms with E-state index in [9.17, 15) is 9.59 Å². The second kappa shape index (κ2) is 5.27. The van der Waals surface area contributed by atoms with Crippen molar-refractivity contribution in [2.24, 2.45) is 5.84 Å². The summed E-state index contributed by atoms with van der Waals surface area (Å²) in [6.45, 7) is 2.93. The zero-order chi connectivity index (χ0) is 13.1. The molecule has 0 spiro atoms. The van der Waals surface area contributed by atoms with E-state index in [1.54, 1.807) is 0 Å². The van der Waals surface area contributed by atoms with Crippen molar-refractivity contribution >= 4 is 28.3 Å². The topological polar surface area (TPSA) is 104 Å². The van der Waals surface area contributed by atoms with Crippen LogP contribution in [0.2, 0.25) is 0 Å². The van der Waals surface area contributed by atoms with Crippen molar-refractivity contribution in [1.29, 1.82) is 0 Å². The molecule has 2 rings (SSSR count). The van der Waals surface area contributed by atoms with Crippen LogP contribution in [0.15, 0.2) is 0 Å². The zero-order valence-electron chi connectivity index (χ0n) is 9.92. The van der Waals surface area contributed by atoms with Crippen LogP contribution in [-0.4, -0.2) is 51.4 Å². The van der Waals surface area contributed by atoms with Gasteiger partial charge < -0.3 is 9.80 Å². The highest BCUT2D eigenvalue weighted by molar-refractivity contribution is 7.15. The number of carbonyl (C=O) groups excluding carboxylic acids is 2. The van der Waals surface area contributed by atoms with E-state index in [4.69, 9.17) is 5.84 Å². The number of nitrogen functional groups attached to an aromatic ring is 1. The number of piperazine rings is 1. The number of anilines is 1. The van der Waals surface area contributed by atoms with Crippen molar-refractivity contribution in [3.63, 3.8) is 0 Å². The molecule has 98 valence electrons. The number of hydrogen-bond donors (Lipinski definition) is 2. The lowest BCUT2D eigenvalue weighted by Crippen LogP contribution is -2.53. The molecule has 0 bridgehead atoms. The molecule has 0 saturated carbocycles. The Labute approximate surface area is 108 Å². The normalized spacial score (nSPS) is 16.3. The Kier molecular flexibility index (Phi) is 3.72. The molecule has 1 fully saturated rings. The van der Waals surface area contributed by atoms with Gasteiger partial charge in [-0.05, 0) is 6.92 Å². The highest BCUT2D eigenvalue weighted by Gasteiger charge is 2.29. The summed E-state index contributed by atoms with van der Waals surface area (Å²) in [5.41, 5.74) is 2.39. The van der Waals surface area contributed by atoms with Gasteiger partial charge in [0, 0.05) is 6.54 Å². The summed E-state index contributed by atoms with van der Waals surface area (Å²) in [5.74, 6) is 5.08. The number of amides is 2. The van der Waals surface area contributed by atoms with Crippen LogP contribution in [-0.2, 0) is 16.1 Å². The standard InChI is InChI=1S/C9H14N6O2S/c1-2-14-4-8(17)15(5-7(14)16)3-6-12-13-9(11-10)18-6/h2-5,10H2,1H3,(H,11,13). The maximum Gasteiger partial charge on any atom is 0.243 e. The Morgan fingerprint density at radius 2 is 1.94 bits per heavy atom. The minimum Gasteiger partial charge on any atom is -0.332 e. The number of carbonyl (C=O) groups is 2. The first-order chi connectivity index (χ1) is 8.63. The molecule has 1 aliphatic heterocycles. The quantitative estimate of drug-likeness (QED) is 0.538. The first-order valence-corrected chi connectivity index (χ1v) is 6.30. The summed E-state index contributed by atoms with van der Waals surface area (Å²) in [5, 5.41) is 8.79. The molecule has 1 aromatic rings. The van der Waals surface area contributed by atoms with E-state index in [1.807, 2.05) is 6.92 Å². The Morgan fingerprint density at radius 1 is 1.28 bits per heavy atom. The highest BCUT2D eigenvalue weighted by atomic mass is 32.1. The van der Waals surface area contributed by atoms with E-state index >= 15 is 0 Å². The molecule has 9 heteroatoms. The zero-order valence-corrected chi connectivity index (χ0v) is 10.7. The van der Waals surface area contributed by atoms with Crippen molar-refractivity contribution in [3.05, 3.63) is 5.01 Å². The number of nitrogens with zero attached hydrogens (tertiary/aromatic N) is 4. The molecule has 1 aliphatic rings. The molecule has 1 aromatic heterocycles.